The minimum atomic E-state index is -0.302. The molecular formula is C9H16N2O. The fourth-order valence-electron chi connectivity index (χ4n) is 0.967. The third-order valence-corrected chi connectivity index (χ3v) is 1.92. The van der Waals surface area contributed by atoms with E-state index in [1.165, 1.54) is 0 Å². The Kier molecular flexibility index (Phi) is 2.87. The first-order valence-electron chi connectivity index (χ1n) is 4.27. The third-order valence-electron chi connectivity index (χ3n) is 1.92. The normalized spacial score (nSPS) is 13.8. The van der Waals surface area contributed by atoms with Crippen molar-refractivity contribution in [3.63, 3.8) is 0 Å². The fourth-order valence-corrected chi connectivity index (χ4v) is 0.967. The molecule has 1 aromatic rings. The summed E-state index contributed by atoms with van der Waals surface area (Å²) in [7, 11) is 0. The molecule has 68 valence electrons. The van der Waals surface area contributed by atoms with Gasteiger partial charge in [-0.3, -0.25) is 4.68 Å². The Morgan fingerprint density at radius 2 is 2.25 bits per heavy atom. The summed E-state index contributed by atoms with van der Waals surface area (Å²) in [6, 6.07) is 1.94. The molecule has 0 aliphatic carbocycles. The zero-order chi connectivity index (χ0) is 9.14. The van der Waals surface area contributed by atoms with E-state index in [0.29, 0.717) is 6.54 Å². The molecule has 0 fully saturated rings. The van der Waals surface area contributed by atoms with E-state index in [4.69, 9.17) is 0 Å². The molecule has 0 amide bonds. The Bertz CT molecular complexity index is 242. The van der Waals surface area contributed by atoms with Gasteiger partial charge in [-0.15, -0.1) is 0 Å². The zero-order valence-electron chi connectivity index (χ0n) is 7.86. The van der Waals surface area contributed by atoms with Crippen molar-refractivity contribution < 1.29 is 5.11 Å². The lowest BCUT2D eigenvalue weighted by molar-refractivity contribution is 0.103. The monoisotopic (exact) mass is 168 g/mol. The van der Waals surface area contributed by atoms with Crippen molar-refractivity contribution in [2.45, 2.75) is 33.4 Å². The van der Waals surface area contributed by atoms with Crippen LogP contribution < -0.4 is 0 Å². The van der Waals surface area contributed by atoms with Crippen LogP contribution in [-0.4, -0.2) is 21.0 Å². The highest BCUT2D eigenvalue weighted by atomic mass is 16.3. The molecule has 0 aliphatic rings. The molecule has 3 heteroatoms. The molecule has 0 aliphatic heterocycles. The van der Waals surface area contributed by atoms with E-state index in [2.05, 4.69) is 5.10 Å². The van der Waals surface area contributed by atoms with Crippen molar-refractivity contribution in [3.8, 4) is 0 Å². The summed E-state index contributed by atoms with van der Waals surface area (Å²) in [5.74, 6) is 0.287. The topological polar surface area (TPSA) is 38.0 Å². The molecule has 3 nitrogen and oxygen atoms in total. The minimum Gasteiger partial charge on any atom is -0.391 e. The van der Waals surface area contributed by atoms with Gasteiger partial charge in [-0.2, -0.15) is 5.10 Å². The van der Waals surface area contributed by atoms with Crippen molar-refractivity contribution in [2.75, 3.05) is 0 Å². The van der Waals surface area contributed by atoms with Gasteiger partial charge in [0.2, 0.25) is 0 Å². The molecule has 1 N–H and O–H groups in total. The first-order valence-corrected chi connectivity index (χ1v) is 4.27. The summed E-state index contributed by atoms with van der Waals surface area (Å²) in [6.45, 7) is 6.53. The molecule has 0 spiro atoms. The quantitative estimate of drug-likeness (QED) is 0.736. The largest absolute Gasteiger partial charge is 0.391 e. The number of rotatable bonds is 3. The number of nitrogens with zero attached hydrogens (tertiary/aromatic N) is 2. The summed E-state index contributed by atoms with van der Waals surface area (Å²) in [4.78, 5) is 0. The first kappa shape index (κ1) is 9.26. The van der Waals surface area contributed by atoms with E-state index in [1.54, 1.807) is 4.68 Å². The van der Waals surface area contributed by atoms with Crippen LogP contribution in [0.2, 0.25) is 0 Å². The molecule has 1 aromatic heterocycles. The van der Waals surface area contributed by atoms with Gasteiger partial charge in [0, 0.05) is 6.20 Å². The van der Waals surface area contributed by atoms with Crippen LogP contribution in [0.3, 0.4) is 0 Å². The molecule has 1 atom stereocenters. The average Bonchev–Trinajstić information content (AvgIpc) is 2.35. The molecule has 0 radical (unpaired) electrons. The van der Waals surface area contributed by atoms with Crippen molar-refractivity contribution in [3.05, 3.63) is 18.0 Å². The molecule has 0 saturated heterocycles. The first-order chi connectivity index (χ1) is 5.59. The summed E-state index contributed by atoms with van der Waals surface area (Å²) in [6.07, 6.45) is 1.59. The number of aliphatic hydroxyl groups excluding tert-OH is 1. The van der Waals surface area contributed by atoms with E-state index in [9.17, 15) is 5.11 Å². The SMILES string of the molecule is Cc1ccn(CC(O)C(C)C)n1. The average molecular weight is 168 g/mol. The Morgan fingerprint density at radius 3 is 2.67 bits per heavy atom. The standard InChI is InChI=1S/C9H16N2O/c1-7(2)9(12)6-11-5-4-8(3)10-11/h4-5,7,9,12H,6H2,1-3H3. The van der Waals surface area contributed by atoms with Crippen molar-refractivity contribution >= 4 is 0 Å². The van der Waals surface area contributed by atoms with Crippen LogP contribution in [0.5, 0.6) is 0 Å². The smallest absolute Gasteiger partial charge is 0.0758 e. The number of aromatic nitrogens is 2. The van der Waals surface area contributed by atoms with Crippen LogP contribution in [-0.2, 0) is 6.54 Å². The second-order valence-electron chi connectivity index (χ2n) is 3.49. The molecule has 1 unspecified atom stereocenters. The summed E-state index contributed by atoms with van der Waals surface area (Å²) in [5.41, 5.74) is 0.992. The number of aryl methyl sites for hydroxylation is 1. The predicted molar refractivity (Wildman–Crippen MR) is 47.8 cm³/mol. The predicted octanol–water partition coefficient (Wildman–Crippen LogP) is 1.21. The van der Waals surface area contributed by atoms with Crippen molar-refractivity contribution in [2.24, 2.45) is 5.92 Å². The Hall–Kier alpha value is -0.830. The van der Waals surface area contributed by atoms with Crippen LogP contribution in [0.1, 0.15) is 19.5 Å². The highest BCUT2D eigenvalue weighted by Gasteiger charge is 2.09. The number of hydrogen-bond acceptors (Lipinski definition) is 2. The van der Waals surface area contributed by atoms with E-state index in [1.807, 2.05) is 33.0 Å². The maximum atomic E-state index is 9.53. The van der Waals surface area contributed by atoms with Crippen molar-refractivity contribution in [1.29, 1.82) is 0 Å². The lowest BCUT2D eigenvalue weighted by Gasteiger charge is -2.13. The fraction of sp³-hybridized carbons (Fsp3) is 0.667. The van der Waals surface area contributed by atoms with Gasteiger partial charge >= 0.3 is 0 Å². The van der Waals surface area contributed by atoms with Gasteiger partial charge in [-0.25, -0.2) is 0 Å². The number of aliphatic hydroxyl groups is 1. The Labute approximate surface area is 73.0 Å². The molecule has 0 aromatic carbocycles. The van der Waals surface area contributed by atoms with Crippen LogP contribution >= 0.6 is 0 Å². The third kappa shape index (κ3) is 2.34. The van der Waals surface area contributed by atoms with Gasteiger partial charge in [0.05, 0.1) is 18.3 Å². The zero-order valence-corrected chi connectivity index (χ0v) is 7.86. The summed E-state index contributed by atoms with van der Waals surface area (Å²) >= 11 is 0. The summed E-state index contributed by atoms with van der Waals surface area (Å²) < 4.78 is 1.78. The molecule has 1 heterocycles. The van der Waals surface area contributed by atoms with Gasteiger partial charge in [-0.05, 0) is 18.9 Å². The minimum absolute atomic E-state index is 0.287. The van der Waals surface area contributed by atoms with Gasteiger partial charge in [0.25, 0.3) is 0 Å². The lowest BCUT2D eigenvalue weighted by atomic mass is 10.1. The highest BCUT2D eigenvalue weighted by molar-refractivity contribution is 4.94. The molecule has 12 heavy (non-hydrogen) atoms. The van der Waals surface area contributed by atoms with Crippen molar-refractivity contribution in [1.82, 2.24) is 9.78 Å². The van der Waals surface area contributed by atoms with Crippen LogP contribution in [0.15, 0.2) is 12.3 Å². The van der Waals surface area contributed by atoms with E-state index >= 15 is 0 Å². The van der Waals surface area contributed by atoms with Crippen LogP contribution in [0.25, 0.3) is 0 Å². The van der Waals surface area contributed by atoms with E-state index in [0.717, 1.165) is 5.69 Å². The van der Waals surface area contributed by atoms with E-state index in [-0.39, 0.29) is 12.0 Å². The van der Waals surface area contributed by atoms with Crippen LogP contribution in [0, 0.1) is 12.8 Å². The maximum Gasteiger partial charge on any atom is 0.0758 e. The van der Waals surface area contributed by atoms with Gasteiger partial charge in [0.1, 0.15) is 0 Å². The second-order valence-corrected chi connectivity index (χ2v) is 3.49. The molecule has 1 rings (SSSR count). The highest BCUT2D eigenvalue weighted by Crippen LogP contribution is 2.04. The van der Waals surface area contributed by atoms with Gasteiger partial charge in [0.15, 0.2) is 0 Å². The number of hydrogen-bond donors (Lipinski definition) is 1. The molecular weight excluding hydrogens is 152 g/mol. The Morgan fingerprint density at radius 1 is 1.58 bits per heavy atom. The lowest BCUT2D eigenvalue weighted by Crippen LogP contribution is -2.22. The molecule has 0 saturated carbocycles. The van der Waals surface area contributed by atoms with Gasteiger partial charge in [-0.1, -0.05) is 13.8 Å². The van der Waals surface area contributed by atoms with Crippen LogP contribution in [0.4, 0.5) is 0 Å². The Balaban J connectivity index is 2.52. The second kappa shape index (κ2) is 3.72. The van der Waals surface area contributed by atoms with Gasteiger partial charge < -0.3 is 5.11 Å². The maximum absolute atomic E-state index is 9.53. The van der Waals surface area contributed by atoms with E-state index < -0.39 is 0 Å². The summed E-state index contributed by atoms with van der Waals surface area (Å²) in [5, 5.41) is 13.7. The molecule has 0 bridgehead atoms.